The summed E-state index contributed by atoms with van der Waals surface area (Å²) in [6.45, 7) is 4.07. The fourth-order valence-corrected chi connectivity index (χ4v) is 2.23. The van der Waals surface area contributed by atoms with E-state index in [2.05, 4.69) is 24.3 Å². The summed E-state index contributed by atoms with van der Waals surface area (Å²) in [5, 5.41) is 16.4. The number of carbonyl (C=O) groups excluding carboxylic acids is 1. The zero-order valence-electron chi connectivity index (χ0n) is 12.4. The Morgan fingerprint density at radius 3 is 2.81 bits per heavy atom. The molecule has 112 valence electrons. The zero-order chi connectivity index (χ0) is 15.2. The number of nitrogens with zero attached hydrogens (tertiary/aromatic N) is 2. The van der Waals surface area contributed by atoms with Gasteiger partial charge in [-0.25, -0.2) is 4.68 Å². The van der Waals surface area contributed by atoms with Crippen molar-refractivity contribution >= 4 is 5.91 Å². The summed E-state index contributed by atoms with van der Waals surface area (Å²) in [4.78, 5) is 12.3. The van der Waals surface area contributed by atoms with Crippen LogP contribution in [0, 0.1) is 5.92 Å². The van der Waals surface area contributed by atoms with Gasteiger partial charge in [-0.3, -0.25) is 4.79 Å². The van der Waals surface area contributed by atoms with Gasteiger partial charge >= 0.3 is 0 Å². The van der Waals surface area contributed by atoms with Crippen molar-refractivity contribution in [2.24, 2.45) is 5.92 Å². The number of benzene rings is 1. The first kappa shape index (κ1) is 15.3. The molecule has 1 aromatic heterocycles. The number of aliphatic hydroxyl groups excluding tert-OH is 1. The highest BCUT2D eigenvalue weighted by atomic mass is 16.3. The monoisotopic (exact) mass is 287 g/mol. The Balaban J connectivity index is 2.10. The summed E-state index contributed by atoms with van der Waals surface area (Å²) in [6.07, 6.45) is 4.27. The number of carbonyl (C=O) groups is 1. The highest BCUT2D eigenvalue weighted by molar-refractivity contribution is 5.94. The second-order valence-electron chi connectivity index (χ2n) is 5.48. The average molecular weight is 287 g/mol. The predicted octanol–water partition coefficient (Wildman–Crippen LogP) is 2.01. The summed E-state index contributed by atoms with van der Waals surface area (Å²) < 4.78 is 1.70. The maximum Gasteiger partial charge on any atom is 0.251 e. The molecule has 2 rings (SSSR count). The minimum atomic E-state index is -0.217. The highest BCUT2D eigenvalue weighted by Crippen LogP contribution is 2.11. The van der Waals surface area contributed by atoms with Crippen LogP contribution < -0.4 is 5.32 Å². The second-order valence-corrected chi connectivity index (χ2v) is 5.48. The lowest BCUT2D eigenvalue weighted by atomic mass is 10.0. The predicted molar refractivity (Wildman–Crippen MR) is 81.4 cm³/mol. The Hall–Kier alpha value is -2.14. The summed E-state index contributed by atoms with van der Waals surface area (Å²) >= 11 is 0. The lowest BCUT2D eigenvalue weighted by Crippen LogP contribution is -2.38. The van der Waals surface area contributed by atoms with Crippen LogP contribution in [-0.2, 0) is 0 Å². The van der Waals surface area contributed by atoms with E-state index >= 15 is 0 Å². The van der Waals surface area contributed by atoms with Gasteiger partial charge in [-0.2, -0.15) is 5.10 Å². The third-order valence-corrected chi connectivity index (χ3v) is 3.19. The quantitative estimate of drug-likeness (QED) is 0.854. The topological polar surface area (TPSA) is 67.2 Å². The van der Waals surface area contributed by atoms with Crippen LogP contribution in [0.4, 0.5) is 0 Å². The molecule has 0 aliphatic carbocycles. The molecule has 5 nitrogen and oxygen atoms in total. The van der Waals surface area contributed by atoms with Crippen LogP contribution in [0.25, 0.3) is 5.69 Å². The Morgan fingerprint density at radius 2 is 2.19 bits per heavy atom. The third kappa shape index (κ3) is 4.16. The standard InChI is InChI=1S/C16H21N3O2/c1-12(2)9-14(11-20)18-16(21)13-5-3-6-15(10-13)19-8-4-7-17-19/h3-8,10,12,14,20H,9,11H2,1-2H3,(H,18,21). The fourth-order valence-electron chi connectivity index (χ4n) is 2.23. The molecule has 1 amide bonds. The number of aromatic nitrogens is 2. The van der Waals surface area contributed by atoms with Crippen LogP contribution in [-0.4, -0.2) is 33.4 Å². The molecule has 21 heavy (non-hydrogen) atoms. The van der Waals surface area contributed by atoms with Crippen molar-refractivity contribution in [1.29, 1.82) is 0 Å². The van der Waals surface area contributed by atoms with E-state index < -0.39 is 0 Å². The number of hydrogen-bond acceptors (Lipinski definition) is 3. The molecular weight excluding hydrogens is 266 g/mol. The average Bonchev–Trinajstić information content (AvgIpc) is 3.00. The Labute approximate surface area is 124 Å². The van der Waals surface area contributed by atoms with Crippen molar-refractivity contribution in [2.75, 3.05) is 6.61 Å². The largest absolute Gasteiger partial charge is 0.394 e. The smallest absolute Gasteiger partial charge is 0.251 e. The van der Waals surface area contributed by atoms with E-state index in [0.717, 1.165) is 12.1 Å². The van der Waals surface area contributed by atoms with Gasteiger partial charge in [0.25, 0.3) is 5.91 Å². The fraction of sp³-hybridized carbons (Fsp3) is 0.375. The van der Waals surface area contributed by atoms with Gasteiger partial charge in [-0.1, -0.05) is 19.9 Å². The van der Waals surface area contributed by atoms with E-state index in [4.69, 9.17) is 0 Å². The van der Waals surface area contributed by atoms with Crippen molar-refractivity contribution in [3.63, 3.8) is 0 Å². The van der Waals surface area contributed by atoms with Gasteiger partial charge in [0.2, 0.25) is 0 Å². The SMILES string of the molecule is CC(C)CC(CO)NC(=O)c1cccc(-n2cccn2)c1. The molecular formula is C16H21N3O2. The molecule has 1 aromatic carbocycles. The van der Waals surface area contributed by atoms with Crippen LogP contribution in [0.5, 0.6) is 0 Å². The molecule has 0 radical (unpaired) electrons. The van der Waals surface area contributed by atoms with Crippen molar-refractivity contribution < 1.29 is 9.90 Å². The highest BCUT2D eigenvalue weighted by Gasteiger charge is 2.14. The molecule has 0 aliphatic rings. The van der Waals surface area contributed by atoms with E-state index in [9.17, 15) is 9.90 Å². The van der Waals surface area contributed by atoms with Crippen molar-refractivity contribution in [2.45, 2.75) is 26.3 Å². The van der Waals surface area contributed by atoms with Gasteiger partial charge in [0.1, 0.15) is 0 Å². The maximum atomic E-state index is 12.3. The minimum Gasteiger partial charge on any atom is -0.394 e. The number of hydrogen-bond donors (Lipinski definition) is 2. The molecule has 0 aliphatic heterocycles. The van der Waals surface area contributed by atoms with Crippen LogP contribution in [0.1, 0.15) is 30.6 Å². The number of nitrogens with one attached hydrogen (secondary N) is 1. The van der Waals surface area contributed by atoms with Crippen molar-refractivity contribution in [3.05, 3.63) is 48.3 Å². The van der Waals surface area contributed by atoms with E-state index in [1.54, 1.807) is 23.0 Å². The van der Waals surface area contributed by atoms with Gasteiger partial charge in [-0.05, 0) is 36.6 Å². The number of amides is 1. The number of aliphatic hydroxyl groups is 1. The van der Waals surface area contributed by atoms with E-state index in [0.29, 0.717) is 11.5 Å². The molecule has 1 heterocycles. The third-order valence-electron chi connectivity index (χ3n) is 3.19. The Kier molecular flexibility index (Phi) is 5.11. The van der Waals surface area contributed by atoms with Gasteiger partial charge < -0.3 is 10.4 Å². The van der Waals surface area contributed by atoms with E-state index in [1.807, 2.05) is 24.4 Å². The van der Waals surface area contributed by atoms with Crippen LogP contribution in [0.3, 0.4) is 0 Å². The lowest BCUT2D eigenvalue weighted by molar-refractivity contribution is 0.0908. The minimum absolute atomic E-state index is 0.0528. The Morgan fingerprint density at radius 1 is 1.38 bits per heavy atom. The van der Waals surface area contributed by atoms with Crippen LogP contribution >= 0.6 is 0 Å². The van der Waals surface area contributed by atoms with Gasteiger partial charge in [0.15, 0.2) is 0 Å². The van der Waals surface area contributed by atoms with Crippen molar-refractivity contribution in [1.82, 2.24) is 15.1 Å². The molecule has 2 N–H and O–H groups in total. The molecule has 1 unspecified atom stereocenters. The van der Waals surface area contributed by atoms with Gasteiger partial charge in [0.05, 0.1) is 18.3 Å². The lowest BCUT2D eigenvalue weighted by Gasteiger charge is -2.18. The normalized spacial score (nSPS) is 12.4. The first-order valence-corrected chi connectivity index (χ1v) is 7.12. The van der Waals surface area contributed by atoms with Crippen LogP contribution in [0.2, 0.25) is 0 Å². The first-order valence-electron chi connectivity index (χ1n) is 7.12. The summed E-state index contributed by atoms with van der Waals surface area (Å²) in [7, 11) is 0. The summed E-state index contributed by atoms with van der Waals surface area (Å²) in [5.41, 5.74) is 1.39. The van der Waals surface area contributed by atoms with Gasteiger partial charge in [0, 0.05) is 18.0 Å². The van der Waals surface area contributed by atoms with Crippen molar-refractivity contribution in [3.8, 4) is 5.69 Å². The molecule has 5 heteroatoms. The second kappa shape index (κ2) is 7.04. The Bertz CT molecular complexity index is 579. The molecule has 0 spiro atoms. The number of rotatable bonds is 6. The summed E-state index contributed by atoms with van der Waals surface area (Å²) in [5.74, 6) is 0.238. The molecule has 1 atom stereocenters. The van der Waals surface area contributed by atoms with E-state index in [1.165, 1.54) is 0 Å². The van der Waals surface area contributed by atoms with Gasteiger partial charge in [-0.15, -0.1) is 0 Å². The molecule has 0 fully saturated rings. The zero-order valence-corrected chi connectivity index (χ0v) is 12.4. The first-order chi connectivity index (χ1) is 10.1. The van der Waals surface area contributed by atoms with Crippen LogP contribution in [0.15, 0.2) is 42.7 Å². The van der Waals surface area contributed by atoms with E-state index in [-0.39, 0.29) is 18.6 Å². The maximum absolute atomic E-state index is 12.3. The molecule has 0 bridgehead atoms. The molecule has 0 saturated carbocycles. The molecule has 0 saturated heterocycles. The molecule has 2 aromatic rings. The summed E-state index contributed by atoms with van der Waals surface area (Å²) in [6, 6.07) is 8.87.